The average Bonchev–Trinajstić information content (AvgIpc) is 2.69. The van der Waals surface area contributed by atoms with E-state index in [1.807, 2.05) is 30.3 Å². The summed E-state index contributed by atoms with van der Waals surface area (Å²) in [4.78, 5) is 0.123. The second-order valence-electron chi connectivity index (χ2n) is 6.47. The van der Waals surface area contributed by atoms with Crippen LogP contribution in [0.15, 0.2) is 59.5 Å². The van der Waals surface area contributed by atoms with Crippen molar-refractivity contribution in [1.29, 1.82) is 0 Å². The zero-order valence-corrected chi connectivity index (χ0v) is 15.9. The number of benzene rings is 2. The molecule has 2 aromatic carbocycles. The standard InChI is InChI=1S/C20H24FNO4S/c21-18-6-8-20(9-7-18)27(23,24)22-12-10-19(11-13-22)26-15-14-25-16-17-4-2-1-3-5-17/h1-9,19H,10-16H2. The van der Waals surface area contributed by atoms with E-state index in [2.05, 4.69) is 0 Å². The third-order valence-corrected chi connectivity index (χ3v) is 6.46. The highest BCUT2D eigenvalue weighted by molar-refractivity contribution is 7.89. The molecule has 0 atom stereocenters. The SMILES string of the molecule is O=S(=O)(c1ccc(F)cc1)N1CCC(OCCOCc2ccccc2)CC1. The van der Waals surface area contributed by atoms with Crippen molar-refractivity contribution in [3.05, 3.63) is 66.0 Å². The Bertz CT molecular complexity index is 804. The van der Waals surface area contributed by atoms with Gasteiger partial charge in [-0.3, -0.25) is 0 Å². The third-order valence-electron chi connectivity index (χ3n) is 4.55. The molecule has 0 aliphatic carbocycles. The van der Waals surface area contributed by atoms with Gasteiger partial charge in [-0.2, -0.15) is 4.31 Å². The van der Waals surface area contributed by atoms with E-state index in [0.717, 1.165) is 17.7 Å². The van der Waals surface area contributed by atoms with Crippen LogP contribution in [0.5, 0.6) is 0 Å². The second-order valence-corrected chi connectivity index (χ2v) is 8.40. The highest BCUT2D eigenvalue weighted by Crippen LogP contribution is 2.22. The molecule has 3 rings (SSSR count). The van der Waals surface area contributed by atoms with Crippen molar-refractivity contribution in [2.24, 2.45) is 0 Å². The number of ether oxygens (including phenoxy) is 2. The summed E-state index contributed by atoms with van der Waals surface area (Å²) in [6.07, 6.45) is 1.31. The minimum absolute atomic E-state index is 0.0324. The molecule has 1 fully saturated rings. The van der Waals surface area contributed by atoms with Gasteiger partial charge in [0.25, 0.3) is 0 Å². The Morgan fingerprint density at radius 2 is 1.63 bits per heavy atom. The van der Waals surface area contributed by atoms with Crippen LogP contribution < -0.4 is 0 Å². The molecule has 0 aromatic heterocycles. The van der Waals surface area contributed by atoms with Crippen molar-refractivity contribution >= 4 is 10.0 Å². The Morgan fingerprint density at radius 3 is 2.30 bits per heavy atom. The molecule has 0 radical (unpaired) electrons. The van der Waals surface area contributed by atoms with Crippen molar-refractivity contribution < 1.29 is 22.3 Å². The first-order valence-corrected chi connectivity index (χ1v) is 10.5. The molecular weight excluding hydrogens is 369 g/mol. The predicted molar refractivity (Wildman–Crippen MR) is 100 cm³/mol. The van der Waals surface area contributed by atoms with Gasteiger partial charge in [-0.05, 0) is 42.7 Å². The van der Waals surface area contributed by atoms with Crippen molar-refractivity contribution in [3.63, 3.8) is 0 Å². The van der Waals surface area contributed by atoms with E-state index in [0.29, 0.717) is 45.8 Å². The molecule has 146 valence electrons. The van der Waals surface area contributed by atoms with Gasteiger partial charge in [-0.25, -0.2) is 12.8 Å². The van der Waals surface area contributed by atoms with Crippen LogP contribution in [0, 0.1) is 5.82 Å². The predicted octanol–water partition coefficient (Wildman–Crippen LogP) is 3.21. The summed E-state index contributed by atoms with van der Waals surface area (Å²) < 4.78 is 51.0. The molecule has 5 nitrogen and oxygen atoms in total. The molecular formula is C20H24FNO4S. The quantitative estimate of drug-likeness (QED) is 0.647. The summed E-state index contributed by atoms with van der Waals surface area (Å²) in [5.41, 5.74) is 1.12. The summed E-state index contributed by atoms with van der Waals surface area (Å²) in [6, 6.07) is 14.9. The van der Waals surface area contributed by atoms with Crippen LogP contribution in [0.4, 0.5) is 4.39 Å². The van der Waals surface area contributed by atoms with E-state index in [1.54, 1.807) is 0 Å². The van der Waals surface area contributed by atoms with Crippen LogP contribution in [0.3, 0.4) is 0 Å². The highest BCUT2D eigenvalue weighted by atomic mass is 32.2. The van der Waals surface area contributed by atoms with Gasteiger partial charge in [0.05, 0.1) is 30.8 Å². The fourth-order valence-electron chi connectivity index (χ4n) is 3.03. The van der Waals surface area contributed by atoms with Gasteiger partial charge < -0.3 is 9.47 Å². The maximum atomic E-state index is 13.0. The molecule has 27 heavy (non-hydrogen) atoms. The van der Waals surface area contributed by atoms with E-state index in [9.17, 15) is 12.8 Å². The maximum absolute atomic E-state index is 13.0. The molecule has 0 N–H and O–H groups in total. The van der Waals surface area contributed by atoms with Crippen LogP contribution in [-0.4, -0.2) is 45.1 Å². The van der Waals surface area contributed by atoms with Crippen LogP contribution in [-0.2, 0) is 26.1 Å². The minimum Gasteiger partial charge on any atom is -0.376 e. The number of rotatable bonds is 8. The van der Waals surface area contributed by atoms with E-state index < -0.39 is 15.8 Å². The fraction of sp³-hybridized carbons (Fsp3) is 0.400. The zero-order valence-electron chi connectivity index (χ0n) is 15.1. The average molecular weight is 393 g/mol. The van der Waals surface area contributed by atoms with E-state index in [4.69, 9.17) is 9.47 Å². The van der Waals surface area contributed by atoms with Crippen molar-refractivity contribution in [2.75, 3.05) is 26.3 Å². The Kier molecular flexibility index (Phi) is 6.95. The number of piperidine rings is 1. The normalized spacial score (nSPS) is 16.5. The van der Waals surface area contributed by atoms with Crippen LogP contribution in [0.25, 0.3) is 0 Å². The number of nitrogens with zero attached hydrogens (tertiary/aromatic N) is 1. The molecule has 1 saturated heterocycles. The summed E-state index contributed by atoms with van der Waals surface area (Å²) >= 11 is 0. The lowest BCUT2D eigenvalue weighted by Crippen LogP contribution is -2.41. The van der Waals surface area contributed by atoms with Gasteiger partial charge in [0.1, 0.15) is 5.82 Å². The summed E-state index contributed by atoms with van der Waals surface area (Å²) in [7, 11) is -3.58. The molecule has 7 heteroatoms. The summed E-state index contributed by atoms with van der Waals surface area (Å²) in [5, 5.41) is 0. The fourth-order valence-corrected chi connectivity index (χ4v) is 4.50. The topological polar surface area (TPSA) is 55.8 Å². The zero-order chi connectivity index (χ0) is 19.1. The largest absolute Gasteiger partial charge is 0.376 e. The summed E-state index contributed by atoms with van der Waals surface area (Å²) in [6.45, 7) is 2.34. The van der Waals surface area contributed by atoms with E-state index in [-0.39, 0.29) is 11.0 Å². The summed E-state index contributed by atoms with van der Waals surface area (Å²) in [5.74, 6) is -0.449. The van der Waals surface area contributed by atoms with E-state index >= 15 is 0 Å². The molecule has 0 amide bonds. The number of sulfonamides is 1. The molecule has 0 saturated carbocycles. The molecule has 0 bridgehead atoms. The Morgan fingerprint density at radius 1 is 0.963 bits per heavy atom. The third kappa shape index (κ3) is 5.59. The van der Waals surface area contributed by atoms with Crippen LogP contribution >= 0.6 is 0 Å². The van der Waals surface area contributed by atoms with Gasteiger partial charge in [0.15, 0.2) is 0 Å². The van der Waals surface area contributed by atoms with Crippen molar-refractivity contribution in [2.45, 2.75) is 30.4 Å². The second kappa shape index (κ2) is 9.41. The number of hydrogen-bond donors (Lipinski definition) is 0. The van der Waals surface area contributed by atoms with Gasteiger partial charge in [-0.15, -0.1) is 0 Å². The number of hydrogen-bond acceptors (Lipinski definition) is 4. The first kappa shape index (κ1) is 19.9. The maximum Gasteiger partial charge on any atom is 0.243 e. The van der Waals surface area contributed by atoms with Gasteiger partial charge >= 0.3 is 0 Å². The van der Waals surface area contributed by atoms with Gasteiger partial charge in [0, 0.05) is 13.1 Å². The molecule has 0 unspecified atom stereocenters. The lowest BCUT2D eigenvalue weighted by atomic mass is 10.1. The van der Waals surface area contributed by atoms with Crippen molar-refractivity contribution in [3.8, 4) is 0 Å². The van der Waals surface area contributed by atoms with Gasteiger partial charge in [-0.1, -0.05) is 30.3 Å². The minimum atomic E-state index is -3.58. The highest BCUT2D eigenvalue weighted by Gasteiger charge is 2.29. The first-order valence-electron chi connectivity index (χ1n) is 9.05. The lowest BCUT2D eigenvalue weighted by molar-refractivity contribution is -0.0175. The molecule has 1 aliphatic rings. The monoisotopic (exact) mass is 393 g/mol. The smallest absolute Gasteiger partial charge is 0.243 e. The Labute approximate surface area is 159 Å². The lowest BCUT2D eigenvalue weighted by Gasteiger charge is -2.31. The first-order chi connectivity index (χ1) is 13.1. The van der Waals surface area contributed by atoms with E-state index in [1.165, 1.54) is 16.4 Å². The molecule has 2 aromatic rings. The Hall–Kier alpha value is -1.80. The number of halogens is 1. The van der Waals surface area contributed by atoms with Crippen molar-refractivity contribution in [1.82, 2.24) is 4.31 Å². The molecule has 0 spiro atoms. The van der Waals surface area contributed by atoms with Crippen LogP contribution in [0.2, 0.25) is 0 Å². The molecule has 1 heterocycles. The van der Waals surface area contributed by atoms with Crippen LogP contribution in [0.1, 0.15) is 18.4 Å². The molecule has 1 aliphatic heterocycles. The van der Waals surface area contributed by atoms with Gasteiger partial charge in [0.2, 0.25) is 10.0 Å². The Balaban J connectivity index is 1.38.